The lowest BCUT2D eigenvalue weighted by Gasteiger charge is -2.53. The maximum atomic E-state index is 7.23. The van der Waals surface area contributed by atoms with Gasteiger partial charge in [-0.2, -0.15) is 0 Å². The molecule has 0 spiro atoms. The van der Waals surface area contributed by atoms with Crippen LogP contribution in [0.15, 0.2) is 46.6 Å². The second kappa shape index (κ2) is 14.5. The summed E-state index contributed by atoms with van der Waals surface area (Å²) in [4.78, 5) is 0. The molecular formula is C33H56O. The molecule has 2 rings (SSSR count). The lowest BCUT2D eigenvalue weighted by molar-refractivity contribution is -0.178. The van der Waals surface area contributed by atoms with Crippen LogP contribution >= 0.6 is 0 Å². The van der Waals surface area contributed by atoms with E-state index in [2.05, 4.69) is 72.8 Å². The van der Waals surface area contributed by atoms with Gasteiger partial charge in [0.2, 0.25) is 0 Å². The molecule has 194 valence electrons. The van der Waals surface area contributed by atoms with Crippen LogP contribution in [0.25, 0.3) is 0 Å². The first-order valence-electron chi connectivity index (χ1n) is 14.7. The summed E-state index contributed by atoms with van der Waals surface area (Å²) < 4.78 is 7.23. The first-order chi connectivity index (χ1) is 16.3. The quantitative estimate of drug-likeness (QED) is 0.171. The molecule has 1 saturated heterocycles. The van der Waals surface area contributed by atoms with Crippen molar-refractivity contribution in [3.63, 3.8) is 0 Å². The second-order valence-electron chi connectivity index (χ2n) is 11.7. The van der Waals surface area contributed by atoms with Crippen molar-refractivity contribution in [3.05, 3.63) is 46.6 Å². The minimum Gasteiger partial charge on any atom is -0.364 e. The Kier molecular flexibility index (Phi) is 12.4. The van der Waals surface area contributed by atoms with Gasteiger partial charge in [0.05, 0.1) is 11.2 Å². The van der Waals surface area contributed by atoms with Crippen LogP contribution in [-0.2, 0) is 4.74 Å². The van der Waals surface area contributed by atoms with Crippen molar-refractivity contribution in [1.29, 1.82) is 0 Å². The molecule has 1 aliphatic carbocycles. The molecule has 0 amide bonds. The zero-order valence-corrected chi connectivity index (χ0v) is 23.9. The van der Waals surface area contributed by atoms with E-state index in [1.54, 1.807) is 16.7 Å². The predicted molar refractivity (Wildman–Crippen MR) is 151 cm³/mol. The standard InChI is InChI=1S/C33H56O/c1-8-10-12-14-25-33-30(6)29(5)21-22-31(33)23-26-32(7,34-33)24-16-20-28(4)19-15-18-27(3)17-13-11-9-2/h17,19,21-22,30H,8-16,18,20,23-26H2,1-7H3. The lowest BCUT2D eigenvalue weighted by Crippen LogP contribution is -2.53. The van der Waals surface area contributed by atoms with E-state index in [0.717, 1.165) is 0 Å². The summed E-state index contributed by atoms with van der Waals surface area (Å²) in [5, 5.41) is 0. The maximum absolute atomic E-state index is 7.23. The smallest absolute Gasteiger partial charge is 0.0964 e. The third kappa shape index (κ3) is 8.54. The summed E-state index contributed by atoms with van der Waals surface area (Å²) in [5.74, 6) is 0.490. The second-order valence-corrected chi connectivity index (χ2v) is 11.7. The van der Waals surface area contributed by atoms with E-state index in [4.69, 9.17) is 4.74 Å². The van der Waals surface area contributed by atoms with Crippen molar-refractivity contribution >= 4 is 0 Å². The molecule has 0 aromatic rings. The zero-order chi connectivity index (χ0) is 25.0. The maximum Gasteiger partial charge on any atom is 0.0964 e. The number of rotatable bonds is 15. The van der Waals surface area contributed by atoms with Gasteiger partial charge in [-0.1, -0.05) is 100 Å². The number of hydrogen-bond donors (Lipinski definition) is 0. The monoisotopic (exact) mass is 468 g/mol. The van der Waals surface area contributed by atoms with Gasteiger partial charge in [0.15, 0.2) is 0 Å². The van der Waals surface area contributed by atoms with Crippen LogP contribution in [-0.4, -0.2) is 11.2 Å². The van der Waals surface area contributed by atoms with Gasteiger partial charge in [0.1, 0.15) is 0 Å². The fourth-order valence-corrected chi connectivity index (χ4v) is 5.96. The molecule has 34 heavy (non-hydrogen) atoms. The van der Waals surface area contributed by atoms with Gasteiger partial charge in [0, 0.05) is 5.92 Å². The predicted octanol–water partition coefficient (Wildman–Crippen LogP) is 10.8. The SMILES string of the molecule is CCCCC=C(C)CCC=C(C)CCCC1(C)CCC2=CC=C(C)C(C)C2(CCCCCC)O1. The van der Waals surface area contributed by atoms with Crippen LogP contribution in [0, 0.1) is 5.92 Å². The van der Waals surface area contributed by atoms with E-state index < -0.39 is 0 Å². The highest BCUT2D eigenvalue weighted by Crippen LogP contribution is 2.51. The molecule has 1 heterocycles. The minimum atomic E-state index is -0.0634. The molecule has 1 fully saturated rings. The highest BCUT2D eigenvalue weighted by molar-refractivity contribution is 5.36. The molecule has 0 N–H and O–H groups in total. The summed E-state index contributed by atoms with van der Waals surface area (Å²) in [6.45, 7) is 16.3. The zero-order valence-electron chi connectivity index (χ0n) is 23.9. The fourth-order valence-electron chi connectivity index (χ4n) is 5.96. The Morgan fingerprint density at radius 3 is 2.35 bits per heavy atom. The molecule has 1 heteroatoms. The summed E-state index contributed by atoms with van der Waals surface area (Å²) in [6.07, 6.45) is 28.4. The average Bonchev–Trinajstić information content (AvgIpc) is 2.80. The summed E-state index contributed by atoms with van der Waals surface area (Å²) >= 11 is 0. The molecule has 0 saturated carbocycles. The lowest BCUT2D eigenvalue weighted by atomic mass is 9.67. The molecule has 1 nitrogen and oxygen atoms in total. The molecule has 0 aromatic heterocycles. The van der Waals surface area contributed by atoms with Crippen molar-refractivity contribution in [3.8, 4) is 0 Å². The largest absolute Gasteiger partial charge is 0.364 e. The van der Waals surface area contributed by atoms with E-state index >= 15 is 0 Å². The number of hydrogen-bond acceptors (Lipinski definition) is 1. The van der Waals surface area contributed by atoms with E-state index in [1.165, 1.54) is 102 Å². The first-order valence-corrected chi connectivity index (χ1v) is 14.7. The van der Waals surface area contributed by atoms with Crippen LogP contribution in [0.5, 0.6) is 0 Å². The Morgan fingerprint density at radius 1 is 0.912 bits per heavy atom. The molecular weight excluding hydrogens is 412 g/mol. The van der Waals surface area contributed by atoms with Crippen LogP contribution < -0.4 is 0 Å². The molecule has 1 aliphatic heterocycles. The van der Waals surface area contributed by atoms with Crippen molar-refractivity contribution in [2.24, 2.45) is 5.92 Å². The van der Waals surface area contributed by atoms with E-state index in [0.29, 0.717) is 5.92 Å². The molecule has 3 atom stereocenters. The highest BCUT2D eigenvalue weighted by Gasteiger charge is 2.49. The number of allylic oxidation sites excluding steroid dienone is 6. The third-order valence-electron chi connectivity index (χ3n) is 8.59. The van der Waals surface area contributed by atoms with Crippen LogP contribution in [0.1, 0.15) is 145 Å². The summed E-state index contributed by atoms with van der Waals surface area (Å²) in [5.41, 5.74) is 6.11. The molecule has 0 aromatic carbocycles. The molecule has 0 bridgehead atoms. The molecule has 0 radical (unpaired) electrons. The first kappa shape index (κ1) is 29.2. The topological polar surface area (TPSA) is 9.23 Å². The van der Waals surface area contributed by atoms with E-state index in [1.807, 2.05) is 0 Å². The minimum absolute atomic E-state index is 0.00681. The number of fused-ring (bicyclic) bond motifs is 1. The summed E-state index contributed by atoms with van der Waals surface area (Å²) in [7, 11) is 0. The Morgan fingerprint density at radius 2 is 1.62 bits per heavy atom. The average molecular weight is 469 g/mol. The fraction of sp³-hybridized carbons (Fsp3) is 0.758. The van der Waals surface area contributed by atoms with Crippen LogP contribution in [0.4, 0.5) is 0 Å². The Bertz CT molecular complexity index is 736. The molecule has 3 unspecified atom stereocenters. The van der Waals surface area contributed by atoms with Gasteiger partial charge in [-0.05, 0) is 91.1 Å². The summed E-state index contributed by atoms with van der Waals surface area (Å²) in [6, 6.07) is 0. The van der Waals surface area contributed by atoms with Gasteiger partial charge in [-0.3, -0.25) is 0 Å². The third-order valence-corrected chi connectivity index (χ3v) is 8.59. The van der Waals surface area contributed by atoms with Gasteiger partial charge >= 0.3 is 0 Å². The van der Waals surface area contributed by atoms with Crippen molar-refractivity contribution in [2.75, 3.05) is 0 Å². The molecule has 2 aliphatic rings. The number of unbranched alkanes of at least 4 members (excludes halogenated alkanes) is 5. The van der Waals surface area contributed by atoms with Crippen LogP contribution in [0.3, 0.4) is 0 Å². The van der Waals surface area contributed by atoms with Gasteiger partial charge in [-0.15, -0.1) is 0 Å². The van der Waals surface area contributed by atoms with Gasteiger partial charge in [0.25, 0.3) is 0 Å². The van der Waals surface area contributed by atoms with Gasteiger partial charge in [-0.25, -0.2) is 0 Å². The van der Waals surface area contributed by atoms with Gasteiger partial charge < -0.3 is 4.74 Å². The normalized spacial score (nSPS) is 27.9. The Balaban J connectivity index is 1.91. The van der Waals surface area contributed by atoms with Crippen LogP contribution in [0.2, 0.25) is 0 Å². The van der Waals surface area contributed by atoms with E-state index in [9.17, 15) is 0 Å². The van der Waals surface area contributed by atoms with E-state index in [-0.39, 0.29) is 11.2 Å². The highest BCUT2D eigenvalue weighted by atomic mass is 16.5. The van der Waals surface area contributed by atoms with Crippen molar-refractivity contribution < 1.29 is 4.74 Å². The van der Waals surface area contributed by atoms with Crippen molar-refractivity contribution in [2.45, 2.75) is 156 Å². The van der Waals surface area contributed by atoms with Crippen molar-refractivity contribution in [1.82, 2.24) is 0 Å². The Hall–Kier alpha value is -1.08. The Labute approximate surface area is 213 Å². The number of ether oxygens (including phenoxy) is 1.